The molecule has 14 heavy (non-hydrogen) atoms. The third kappa shape index (κ3) is 2.54. The number of hydrogen-bond acceptors (Lipinski definition) is 4. The first-order valence-electron chi connectivity index (χ1n) is 4.53. The summed E-state index contributed by atoms with van der Waals surface area (Å²) in [4.78, 5) is 4.07. The number of likely N-dealkylation sites (N-methyl/N-ethyl adjacent to an activating group) is 1. The molecule has 0 aromatic carbocycles. The summed E-state index contributed by atoms with van der Waals surface area (Å²) in [5, 5.41) is 3.08. The second-order valence-electron chi connectivity index (χ2n) is 2.92. The number of imidazole rings is 1. The van der Waals surface area contributed by atoms with Gasteiger partial charge in [-0.3, -0.25) is 0 Å². The van der Waals surface area contributed by atoms with Crippen molar-refractivity contribution in [1.29, 1.82) is 0 Å². The Morgan fingerprint density at radius 2 is 2.21 bits per heavy atom. The van der Waals surface area contributed by atoms with Crippen molar-refractivity contribution in [3.63, 3.8) is 0 Å². The Labute approximate surface area is 84.0 Å². The van der Waals surface area contributed by atoms with Gasteiger partial charge in [0.25, 0.3) is 0 Å². The van der Waals surface area contributed by atoms with Gasteiger partial charge in [0, 0.05) is 27.3 Å². The summed E-state index contributed by atoms with van der Waals surface area (Å²) in [6.45, 7) is 1.75. The van der Waals surface area contributed by atoms with E-state index in [-0.39, 0.29) is 6.29 Å². The summed E-state index contributed by atoms with van der Waals surface area (Å²) < 4.78 is 12.3. The number of nitrogens with one attached hydrogen (secondary N) is 1. The summed E-state index contributed by atoms with van der Waals surface area (Å²) >= 11 is 0. The number of nitrogens with zero attached hydrogens (tertiary/aromatic N) is 2. The van der Waals surface area contributed by atoms with Crippen LogP contribution in [0.25, 0.3) is 0 Å². The molecule has 0 bridgehead atoms. The Kier molecular flexibility index (Phi) is 4.58. The van der Waals surface area contributed by atoms with Gasteiger partial charge in [0.2, 0.25) is 0 Å². The lowest BCUT2D eigenvalue weighted by Crippen LogP contribution is -2.18. The Morgan fingerprint density at radius 1 is 1.50 bits per heavy atom. The van der Waals surface area contributed by atoms with Crippen LogP contribution in [-0.4, -0.2) is 37.4 Å². The minimum absolute atomic E-state index is 0.339. The maximum absolute atomic E-state index is 5.16. The molecule has 1 rings (SSSR count). The first-order valence-corrected chi connectivity index (χ1v) is 4.53. The van der Waals surface area contributed by atoms with E-state index in [9.17, 15) is 0 Å². The molecular weight excluding hydrogens is 182 g/mol. The van der Waals surface area contributed by atoms with Crippen LogP contribution in [0, 0.1) is 0 Å². The molecule has 1 N–H and O–H groups in total. The second-order valence-corrected chi connectivity index (χ2v) is 2.92. The molecule has 0 radical (unpaired) electrons. The zero-order chi connectivity index (χ0) is 10.4. The van der Waals surface area contributed by atoms with Crippen molar-refractivity contribution in [2.75, 3.05) is 27.8 Å². The van der Waals surface area contributed by atoms with Gasteiger partial charge in [0.1, 0.15) is 0 Å². The van der Waals surface area contributed by atoms with Crippen molar-refractivity contribution in [2.45, 2.75) is 12.8 Å². The van der Waals surface area contributed by atoms with Crippen molar-refractivity contribution >= 4 is 0 Å². The molecule has 0 amide bonds. The van der Waals surface area contributed by atoms with Gasteiger partial charge in [0.15, 0.2) is 6.29 Å². The minimum atomic E-state index is -0.339. The average molecular weight is 199 g/mol. The zero-order valence-corrected chi connectivity index (χ0v) is 8.86. The molecule has 0 aliphatic heterocycles. The lowest BCUT2D eigenvalue weighted by molar-refractivity contribution is -0.110. The molecule has 0 spiro atoms. The summed E-state index contributed by atoms with van der Waals surface area (Å²) in [6, 6.07) is 0. The summed E-state index contributed by atoms with van der Waals surface area (Å²) in [6.07, 6.45) is 3.19. The molecular formula is C9H17N3O2. The smallest absolute Gasteiger partial charge is 0.200 e. The molecule has 5 nitrogen and oxygen atoms in total. The second kappa shape index (κ2) is 5.74. The summed E-state index contributed by atoms with van der Waals surface area (Å²) in [7, 11) is 5.15. The Morgan fingerprint density at radius 3 is 2.79 bits per heavy atom. The van der Waals surface area contributed by atoms with E-state index >= 15 is 0 Å². The Hall–Kier alpha value is -0.910. The largest absolute Gasteiger partial charge is 0.350 e. The molecule has 0 saturated heterocycles. The standard InChI is InChI=1S/C9H17N3O2/c1-10-4-5-12-7-11-6-8(12)9(13-2)14-3/h6-7,9-10H,4-5H2,1-3H3. The highest BCUT2D eigenvalue weighted by molar-refractivity contribution is 5.00. The van der Waals surface area contributed by atoms with E-state index in [1.807, 2.05) is 11.6 Å². The molecule has 1 heterocycles. The highest BCUT2D eigenvalue weighted by atomic mass is 16.7. The van der Waals surface area contributed by atoms with E-state index in [0.717, 1.165) is 18.8 Å². The molecule has 0 aliphatic rings. The van der Waals surface area contributed by atoms with Crippen molar-refractivity contribution < 1.29 is 9.47 Å². The molecule has 0 atom stereocenters. The Balaban J connectivity index is 2.69. The highest BCUT2D eigenvalue weighted by Gasteiger charge is 2.13. The lowest BCUT2D eigenvalue weighted by Gasteiger charge is -2.15. The van der Waals surface area contributed by atoms with E-state index < -0.39 is 0 Å². The van der Waals surface area contributed by atoms with Crippen LogP contribution in [0.2, 0.25) is 0 Å². The van der Waals surface area contributed by atoms with E-state index in [0.29, 0.717) is 0 Å². The van der Waals surface area contributed by atoms with Crippen LogP contribution in [-0.2, 0) is 16.0 Å². The number of aromatic nitrogens is 2. The Bertz CT molecular complexity index is 258. The van der Waals surface area contributed by atoms with Gasteiger partial charge >= 0.3 is 0 Å². The third-order valence-corrected chi connectivity index (χ3v) is 2.02. The maximum atomic E-state index is 5.16. The third-order valence-electron chi connectivity index (χ3n) is 2.02. The molecule has 0 unspecified atom stereocenters. The van der Waals surface area contributed by atoms with E-state index in [1.165, 1.54) is 0 Å². The fraction of sp³-hybridized carbons (Fsp3) is 0.667. The van der Waals surface area contributed by atoms with Crippen LogP contribution in [0.1, 0.15) is 12.0 Å². The number of methoxy groups -OCH3 is 2. The van der Waals surface area contributed by atoms with E-state index in [2.05, 4.69) is 10.3 Å². The highest BCUT2D eigenvalue weighted by Crippen LogP contribution is 2.16. The zero-order valence-electron chi connectivity index (χ0n) is 8.86. The number of ether oxygens (including phenoxy) is 2. The van der Waals surface area contributed by atoms with Gasteiger partial charge in [-0.2, -0.15) is 0 Å². The van der Waals surface area contributed by atoms with Crippen molar-refractivity contribution in [3.05, 3.63) is 18.2 Å². The van der Waals surface area contributed by atoms with Crippen LogP contribution >= 0.6 is 0 Å². The van der Waals surface area contributed by atoms with Crippen LogP contribution in [0.15, 0.2) is 12.5 Å². The molecule has 0 aliphatic carbocycles. The van der Waals surface area contributed by atoms with Gasteiger partial charge in [-0.1, -0.05) is 0 Å². The van der Waals surface area contributed by atoms with Crippen LogP contribution in [0.5, 0.6) is 0 Å². The molecule has 1 aromatic rings. The predicted octanol–water partition coefficient (Wildman–Crippen LogP) is 0.394. The summed E-state index contributed by atoms with van der Waals surface area (Å²) in [5.41, 5.74) is 0.935. The van der Waals surface area contributed by atoms with Crippen molar-refractivity contribution in [3.8, 4) is 0 Å². The molecule has 0 saturated carbocycles. The first-order chi connectivity index (χ1) is 6.83. The first kappa shape index (κ1) is 11.2. The SMILES string of the molecule is CNCCn1cncc1C(OC)OC. The van der Waals surface area contributed by atoms with Crippen LogP contribution < -0.4 is 5.32 Å². The van der Waals surface area contributed by atoms with E-state index in [1.54, 1.807) is 26.7 Å². The van der Waals surface area contributed by atoms with E-state index in [4.69, 9.17) is 9.47 Å². The number of hydrogen-bond donors (Lipinski definition) is 1. The fourth-order valence-corrected chi connectivity index (χ4v) is 1.28. The molecule has 1 aromatic heterocycles. The number of rotatable bonds is 6. The summed E-state index contributed by atoms with van der Waals surface area (Å²) in [5.74, 6) is 0. The van der Waals surface area contributed by atoms with Crippen molar-refractivity contribution in [2.24, 2.45) is 0 Å². The predicted molar refractivity (Wildman–Crippen MR) is 52.9 cm³/mol. The lowest BCUT2D eigenvalue weighted by atomic mass is 10.4. The minimum Gasteiger partial charge on any atom is -0.350 e. The van der Waals surface area contributed by atoms with Crippen molar-refractivity contribution in [1.82, 2.24) is 14.9 Å². The quantitative estimate of drug-likeness (QED) is 0.673. The van der Waals surface area contributed by atoms with Gasteiger partial charge in [-0.15, -0.1) is 0 Å². The molecule has 0 fully saturated rings. The fourth-order valence-electron chi connectivity index (χ4n) is 1.28. The topological polar surface area (TPSA) is 48.3 Å². The molecule has 80 valence electrons. The van der Waals surface area contributed by atoms with Gasteiger partial charge < -0.3 is 19.4 Å². The monoisotopic (exact) mass is 199 g/mol. The van der Waals surface area contributed by atoms with Gasteiger partial charge in [-0.05, 0) is 7.05 Å². The maximum Gasteiger partial charge on any atom is 0.200 e. The average Bonchev–Trinajstić information content (AvgIpc) is 2.65. The van der Waals surface area contributed by atoms with Gasteiger partial charge in [-0.25, -0.2) is 4.98 Å². The van der Waals surface area contributed by atoms with Gasteiger partial charge in [0.05, 0.1) is 18.2 Å². The van der Waals surface area contributed by atoms with Crippen LogP contribution in [0.3, 0.4) is 0 Å². The normalized spacial score (nSPS) is 11.1. The molecule has 5 heteroatoms. The van der Waals surface area contributed by atoms with Crippen LogP contribution in [0.4, 0.5) is 0 Å².